The second-order valence-electron chi connectivity index (χ2n) is 4.80. The van der Waals surface area contributed by atoms with E-state index in [-0.39, 0.29) is 23.0 Å². The fourth-order valence-corrected chi connectivity index (χ4v) is 2.67. The second-order valence-corrected chi connectivity index (χ2v) is 5.74. The van der Waals surface area contributed by atoms with Crippen molar-refractivity contribution >= 4 is 17.7 Å². The van der Waals surface area contributed by atoms with E-state index in [0.29, 0.717) is 17.5 Å². The zero-order valence-electron chi connectivity index (χ0n) is 12.5. The molecule has 0 atom stereocenters. The predicted octanol–water partition coefficient (Wildman–Crippen LogP) is 1.80. The Morgan fingerprint density at radius 2 is 2.12 bits per heavy atom. The third kappa shape index (κ3) is 3.57. The fourth-order valence-electron chi connectivity index (χ4n) is 1.98. The maximum absolute atomic E-state index is 13.8. The summed E-state index contributed by atoms with van der Waals surface area (Å²) in [6.07, 6.45) is 1.54. The fraction of sp³-hybridized carbons (Fsp3) is 0.133. The molecular formula is C15H14FN5O2S. The molecule has 24 heavy (non-hydrogen) atoms. The molecule has 9 heteroatoms. The Kier molecular flexibility index (Phi) is 4.80. The molecule has 0 aliphatic heterocycles. The molecule has 0 fully saturated rings. The van der Waals surface area contributed by atoms with Crippen molar-refractivity contribution in [2.45, 2.75) is 11.7 Å². The lowest BCUT2D eigenvalue weighted by Crippen LogP contribution is -2.24. The smallest absolute Gasteiger partial charge is 0.230 e. The average molecular weight is 347 g/mol. The number of furan rings is 1. The molecule has 0 saturated carbocycles. The molecule has 7 nitrogen and oxygen atoms in total. The molecule has 0 aliphatic carbocycles. The summed E-state index contributed by atoms with van der Waals surface area (Å²) in [5.74, 6) is 6.23. The number of halogens is 1. The molecule has 124 valence electrons. The molecule has 0 spiro atoms. The van der Waals surface area contributed by atoms with Crippen LogP contribution < -0.4 is 11.2 Å². The van der Waals surface area contributed by atoms with Crippen LogP contribution in [0.3, 0.4) is 0 Å². The lowest BCUT2D eigenvalue weighted by atomic mass is 10.2. The van der Waals surface area contributed by atoms with E-state index in [2.05, 4.69) is 15.5 Å². The Morgan fingerprint density at radius 3 is 2.88 bits per heavy atom. The van der Waals surface area contributed by atoms with Crippen LogP contribution in [0.25, 0.3) is 11.4 Å². The van der Waals surface area contributed by atoms with Gasteiger partial charge in [0.25, 0.3) is 0 Å². The molecule has 3 N–H and O–H groups in total. The van der Waals surface area contributed by atoms with E-state index in [1.54, 1.807) is 30.3 Å². The van der Waals surface area contributed by atoms with Crippen LogP contribution in [0.5, 0.6) is 0 Å². The maximum atomic E-state index is 13.8. The summed E-state index contributed by atoms with van der Waals surface area (Å²) in [6, 6.07) is 9.66. The second kappa shape index (κ2) is 7.18. The van der Waals surface area contributed by atoms with E-state index < -0.39 is 5.82 Å². The minimum absolute atomic E-state index is 0.104. The quantitative estimate of drug-likeness (QED) is 0.521. The van der Waals surface area contributed by atoms with Crippen LogP contribution in [-0.2, 0) is 11.3 Å². The summed E-state index contributed by atoms with van der Waals surface area (Å²) in [7, 11) is 0. The summed E-state index contributed by atoms with van der Waals surface area (Å²) in [5, 5.41) is 10.8. The van der Waals surface area contributed by atoms with Crippen molar-refractivity contribution in [1.29, 1.82) is 0 Å². The van der Waals surface area contributed by atoms with Gasteiger partial charge in [-0.3, -0.25) is 4.79 Å². The number of nitrogens with zero attached hydrogens (tertiary/aromatic N) is 3. The summed E-state index contributed by atoms with van der Waals surface area (Å²) in [4.78, 5) is 11.8. The Hall–Kier alpha value is -2.81. The Labute approximate surface area is 141 Å². The largest absolute Gasteiger partial charge is 0.467 e. The van der Waals surface area contributed by atoms with Gasteiger partial charge in [-0.2, -0.15) is 0 Å². The number of thioether (sulfide) groups is 1. The highest BCUT2D eigenvalue weighted by Crippen LogP contribution is 2.23. The Balaban J connectivity index is 1.60. The van der Waals surface area contributed by atoms with Crippen molar-refractivity contribution in [1.82, 2.24) is 20.2 Å². The minimum atomic E-state index is -0.440. The number of hydrogen-bond donors (Lipinski definition) is 2. The normalized spacial score (nSPS) is 10.7. The van der Waals surface area contributed by atoms with Crippen molar-refractivity contribution in [2.24, 2.45) is 0 Å². The van der Waals surface area contributed by atoms with Crippen molar-refractivity contribution in [3.63, 3.8) is 0 Å². The molecule has 0 saturated heterocycles. The van der Waals surface area contributed by atoms with Crippen molar-refractivity contribution in [3.8, 4) is 11.4 Å². The number of nitrogens with one attached hydrogen (secondary N) is 1. The lowest BCUT2D eigenvalue weighted by molar-refractivity contribution is -0.118. The number of nitrogen functional groups attached to an aromatic ring is 1. The lowest BCUT2D eigenvalue weighted by Gasteiger charge is -2.05. The number of benzene rings is 1. The Morgan fingerprint density at radius 1 is 1.29 bits per heavy atom. The van der Waals surface area contributed by atoms with Gasteiger partial charge in [0.1, 0.15) is 11.6 Å². The molecule has 3 rings (SSSR count). The van der Waals surface area contributed by atoms with Gasteiger partial charge in [0.15, 0.2) is 5.82 Å². The van der Waals surface area contributed by atoms with Crippen LogP contribution in [0, 0.1) is 5.82 Å². The van der Waals surface area contributed by atoms with Crippen LogP contribution in [0.4, 0.5) is 4.39 Å². The first-order valence-electron chi connectivity index (χ1n) is 7.02. The Bertz CT molecular complexity index is 834. The van der Waals surface area contributed by atoms with Crippen molar-refractivity contribution in [3.05, 3.63) is 54.2 Å². The number of carbonyl (C=O) groups excluding carboxylic acids is 1. The van der Waals surface area contributed by atoms with E-state index in [0.717, 1.165) is 11.8 Å². The standard InChI is InChI=1S/C15H14FN5O2S/c16-12-6-2-1-5-11(12)14-19-20-15(21(14)17)24-9-13(22)18-8-10-4-3-7-23-10/h1-7H,8-9,17H2,(H,18,22). The average Bonchev–Trinajstić information content (AvgIpc) is 3.22. The first kappa shape index (κ1) is 16.1. The zero-order chi connectivity index (χ0) is 16.9. The topological polar surface area (TPSA) is 99.0 Å². The van der Waals surface area contributed by atoms with Crippen molar-refractivity contribution < 1.29 is 13.6 Å². The number of hydrogen-bond acceptors (Lipinski definition) is 6. The molecule has 2 aromatic heterocycles. The monoisotopic (exact) mass is 347 g/mol. The van der Waals surface area contributed by atoms with Gasteiger partial charge in [-0.05, 0) is 24.3 Å². The highest BCUT2D eigenvalue weighted by atomic mass is 32.2. The predicted molar refractivity (Wildman–Crippen MR) is 86.8 cm³/mol. The van der Waals surface area contributed by atoms with E-state index >= 15 is 0 Å². The van der Waals surface area contributed by atoms with Crippen LogP contribution in [-0.4, -0.2) is 26.5 Å². The molecule has 3 aromatic rings. The molecule has 1 aromatic carbocycles. The molecule has 0 unspecified atom stereocenters. The number of rotatable bonds is 6. The van der Waals surface area contributed by atoms with Crippen LogP contribution >= 0.6 is 11.8 Å². The van der Waals surface area contributed by atoms with Crippen molar-refractivity contribution in [2.75, 3.05) is 11.6 Å². The summed E-state index contributed by atoms with van der Waals surface area (Å²) >= 11 is 1.11. The molecule has 0 bridgehead atoms. The SMILES string of the molecule is Nn1c(SCC(=O)NCc2ccco2)nnc1-c1ccccc1F. The van der Waals surface area contributed by atoms with Gasteiger partial charge >= 0.3 is 0 Å². The molecule has 1 amide bonds. The summed E-state index contributed by atoms with van der Waals surface area (Å²) < 4.78 is 20.1. The van der Waals surface area contributed by atoms with Gasteiger partial charge in [-0.25, -0.2) is 9.07 Å². The van der Waals surface area contributed by atoms with E-state index in [1.807, 2.05) is 0 Å². The van der Waals surface area contributed by atoms with Crippen LogP contribution in [0.2, 0.25) is 0 Å². The number of amides is 1. The molecule has 2 heterocycles. The van der Waals surface area contributed by atoms with Gasteiger partial charge in [0.05, 0.1) is 24.1 Å². The number of carbonyl (C=O) groups is 1. The molecule has 0 radical (unpaired) electrons. The van der Waals surface area contributed by atoms with Crippen LogP contribution in [0.15, 0.2) is 52.2 Å². The third-order valence-corrected chi connectivity index (χ3v) is 4.09. The van der Waals surface area contributed by atoms with Gasteiger partial charge in [-0.1, -0.05) is 23.9 Å². The minimum Gasteiger partial charge on any atom is -0.467 e. The van der Waals surface area contributed by atoms with E-state index in [9.17, 15) is 9.18 Å². The summed E-state index contributed by atoms with van der Waals surface area (Å²) in [6.45, 7) is 0.308. The van der Waals surface area contributed by atoms with Gasteiger partial charge in [-0.15, -0.1) is 10.2 Å². The van der Waals surface area contributed by atoms with Gasteiger partial charge < -0.3 is 15.6 Å². The highest BCUT2D eigenvalue weighted by Gasteiger charge is 2.16. The first-order valence-corrected chi connectivity index (χ1v) is 8.01. The third-order valence-electron chi connectivity index (χ3n) is 3.15. The van der Waals surface area contributed by atoms with Crippen LogP contribution in [0.1, 0.15) is 5.76 Å². The van der Waals surface area contributed by atoms with Gasteiger partial charge in [0.2, 0.25) is 11.1 Å². The number of nitrogens with two attached hydrogens (primary N) is 1. The van der Waals surface area contributed by atoms with Gasteiger partial charge in [0, 0.05) is 0 Å². The molecule has 0 aliphatic rings. The number of aromatic nitrogens is 3. The summed E-state index contributed by atoms with van der Waals surface area (Å²) in [5.41, 5.74) is 0.252. The highest BCUT2D eigenvalue weighted by molar-refractivity contribution is 7.99. The molecular weight excluding hydrogens is 333 g/mol. The van der Waals surface area contributed by atoms with E-state index in [1.165, 1.54) is 17.0 Å². The zero-order valence-corrected chi connectivity index (χ0v) is 13.3. The first-order chi connectivity index (χ1) is 11.6. The van der Waals surface area contributed by atoms with E-state index in [4.69, 9.17) is 10.3 Å². The maximum Gasteiger partial charge on any atom is 0.230 e.